The standard InChI is InChI=1S/C20H20O7S/c1-5-6-16-17(20(22)26-3)11-13(19(21)25-2)12-18(16)27-14-7-9-15(10-8-14)28(4,23)24/h5-12H,1-4H3/b6-5-. The second-order valence-corrected chi connectivity index (χ2v) is 7.78. The van der Waals surface area contributed by atoms with Gasteiger partial charge < -0.3 is 14.2 Å². The van der Waals surface area contributed by atoms with Crippen molar-refractivity contribution in [2.75, 3.05) is 20.5 Å². The molecule has 0 unspecified atom stereocenters. The van der Waals surface area contributed by atoms with Crippen molar-refractivity contribution in [3.05, 3.63) is 59.2 Å². The second kappa shape index (κ2) is 8.71. The molecule has 0 aromatic heterocycles. The lowest BCUT2D eigenvalue weighted by Crippen LogP contribution is -2.09. The molecule has 0 aliphatic heterocycles. The van der Waals surface area contributed by atoms with Crippen LogP contribution in [0.25, 0.3) is 6.08 Å². The molecule has 0 N–H and O–H groups in total. The molecule has 0 amide bonds. The first-order chi connectivity index (χ1) is 13.2. The molecule has 0 fully saturated rings. The van der Waals surface area contributed by atoms with Crippen LogP contribution >= 0.6 is 0 Å². The van der Waals surface area contributed by atoms with Gasteiger partial charge in [0.05, 0.1) is 30.2 Å². The molecule has 0 saturated heterocycles. The minimum Gasteiger partial charge on any atom is -0.465 e. The van der Waals surface area contributed by atoms with Gasteiger partial charge >= 0.3 is 11.9 Å². The smallest absolute Gasteiger partial charge is 0.338 e. The van der Waals surface area contributed by atoms with E-state index in [-0.39, 0.29) is 21.8 Å². The van der Waals surface area contributed by atoms with Gasteiger partial charge in [0, 0.05) is 11.8 Å². The number of carbonyl (C=O) groups excluding carboxylic acids is 2. The Balaban J connectivity index is 2.59. The summed E-state index contributed by atoms with van der Waals surface area (Å²) in [5, 5.41) is 0. The predicted molar refractivity (Wildman–Crippen MR) is 103 cm³/mol. The van der Waals surface area contributed by atoms with Crippen molar-refractivity contribution < 1.29 is 32.2 Å². The topological polar surface area (TPSA) is 96.0 Å². The number of hydrogen-bond acceptors (Lipinski definition) is 7. The van der Waals surface area contributed by atoms with E-state index < -0.39 is 21.8 Å². The molecule has 0 aliphatic rings. The predicted octanol–water partition coefficient (Wildman–Crippen LogP) is 3.49. The largest absolute Gasteiger partial charge is 0.465 e. The third kappa shape index (κ3) is 4.77. The summed E-state index contributed by atoms with van der Waals surface area (Å²) >= 11 is 0. The van der Waals surface area contributed by atoms with E-state index in [4.69, 9.17) is 14.2 Å². The van der Waals surface area contributed by atoms with Crippen molar-refractivity contribution in [1.29, 1.82) is 0 Å². The molecule has 28 heavy (non-hydrogen) atoms. The highest BCUT2D eigenvalue weighted by atomic mass is 32.2. The summed E-state index contributed by atoms with van der Waals surface area (Å²) in [7, 11) is -0.881. The highest BCUT2D eigenvalue weighted by molar-refractivity contribution is 7.90. The van der Waals surface area contributed by atoms with Crippen LogP contribution in [-0.2, 0) is 19.3 Å². The molecular formula is C20H20O7S. The molecule has 0 radical (unpaired) electrons. The number of sulfone groups is 1. The van der Waals surface area contributed by atoms with Crippen molar-refractivity contribution in [1.82, 2.24) is 0 Å². The maximum Gasteiger partial charge on any atom is 0.338 e. The molecule has 0 aliphatic carbocycles. The molecular weight excluding hydrogens is 384 g/mol. The van der Waals surface area contributed by atoms with Gasteiger partial charge in [0.1, 0.15) is 11.5 Å². The molecule has 7 nitrogen and oxygen atoms in total. The maximum atomic E-state index is 12.2. The Morgan fingerprint density at radius 3 is 2.07 bits per heavy atom. The van der Waals surface area contributed by atoms with Gasteiger partial charge in [-0.25, -0.2) is 18.0 Å². The van der Waals surface area contributed by atoms with Crippen LogP contribution in [0, 0.1) is 0 Å². The zero-order valence-electron chi connectivity index (χ0n) is 15.9. The van der Waals surface area contributed by atoms with E-state index in [0.717, 1.165) is 6.26 Å². The minimum absolute atomic E-state index is 0.110. The number of rotatable bonds is 6. The highest BCUT2D eigenvalue weighted by Crippen LogP contribution is 2.32. The van der Waals surface area contributed by atoms with Gasteiger partial charge in [-0.15, -0.1) is 0 Å². The Hall–Kier alpha value is -3.13. The van der Waals surface area contributed by atoms with E-state index in [1.54, 1.807) is 19.1 Å². The Morgan fingerprint density at radius 2 is 1.57 bits per heavy atom. The zero-order chi connectivity index (χ0) is 20.9. The fraction of sp³-hybridized carbons (Fsp3) is 0.200. The summed E-state index contributed by atoms with van der Waals surface area (Å²) in [5.74, 6) is -0.741. The Bertz CT molecular complexity index is 1020. The van der Waals surface area contributed by atoms with Gasteiger partial charge in [0.2, 0.25) is 0 Å². The van der Waals surface area contributed by atoms with Crippen LogP contribution in [0.4, 0.5) is 0 Å². The molecule has 2 rings (SSSR count). The third-order valence-electron chi connectivity index (χ3n) is 3.78. The summed E-state index contributed by atoms with van der Waals surface area (Å²) in [6, 6.07) is 8.60. The van der Waals surface area contributed by atoms with Gasteiger partial charge in [-0.2, -0.15) is 0 Å². The molecule has 8 heteroatoms. The van der Waals surface area contributed by atoms with Crippen molar-refractivity contribution in [3.63, 3.8) is 0 Å². The summed E-state index contributed by atoms with van der Waals surface area (Å²) in [6.45, 7) is 1.76. The van der Waals surface area contributed by atoms with E-state index >= 15 is 0 Å². The van der Waals surface area contributed by atoms with E-state index in [2.05, 4.69) is 0 Å². The molecule has 0 spiro atoms. The molecule has 0 heterocycles. The minimum atomic E-state index is -3.34. The zero-order valence-corrected chi connectivity index (χ0v) is 16.7. The van der Waals surface area contributed by atoms with Crippen LogP contribution in [0.5, 0.6) is 11.5 Å². The van der Waals surface area contributed by atoms with E-state index in [1.165, 1.54) is 50.6 Å². The SMILES string of the molecule is C/C=C\c1c(Oc2ccc(S(C)(=O)=O)cc2)cc(C(=O)OC)cc1C(=O)OC. The third-order valence-corrected chi connectivity index (χ3v) is 4.91. The fourth-order valence-electron chi connectivity index (χ4n) is 2.45. The molecule has 2 aromatic rings. The summed E-state index contributed by atoms with van der Waals surface area (Å²) in [6.07, 6.45) is 4.46. The average Bonchev–Trinajstić information content (AvgIpc) is 2.67. The van der Waals surface area contributed by atoms with Crippen LogP contribution in [0.15, 0.2) is 47.4 Å². The monoisotopic (exact) mass is 404 g/mol. The molecule has 0 bridgehead atoms. The van der Waals surface area contributed by atoms with Gasteiger partial charge in [0.25, 0.3) is 0 Å². The van der Waals surface area contributed by atoms with Gasteiger partial charge in [-0.1, -0.05) is 12.2 Å². The Labute approximate surface area is 163 Å². The van der Waals surface area contributed by atoms with Crippen molar-refractivity contribution in [2.24, 2.45) is 0 Å². The fourth-order valence-corrected chi connectivity index (χ4v) is 3.08. The molecule has 0 saturated carbocycles. The van der Waals surface area contributed by atoms with Crippen molar-refractivity contribution >= 4 is 27.9 Å². The number of methoxy groups -OCH3 is 2. The first-order valence-corrected chi connectivity index (χ1v) is 10.1. The molecule has 0 atom stereocenters. The van der Waals surface area contributed by atoms with E-state index in [9.17, 15) is 18.0 Å². The van der Waals surface area contributed by atoms with Crippen LogP contribution < -0.4 is 4.74 Å². The Morgan fingerprint density at radius 1 is 0.964 bits per heavy atom. The van der Waals surface area contributed by atoms with E-state index in [1.807, 2.05) is 0 Å². The number of hydrogen-bond donors (Lipinski definition) is 0. The summed E-state index contributed by atoms with van der Waals surface area (Å²) in [5.41, 5.74) is 0.652. The highest BCUT2D eigenvalue weighted by Gasteiger charge is 2.20. The average molecular weight is 404 g/mol. The summed E-state index contributed by atoms with van der Waals surface area (Å²) in [4.78, 5) is 24.3. The second-order valence-electron chi connectivity index (χ2n) is 5.76. The normalized spacial score (nSPS) is 11.3. The molecule has 148 valence electrons. The first-order valence-electron chi connectivity index (χ1n) is 8.16. The lowest BCUT2D eigenvalue weighted by Gasteiger charge is -2.14. The summed E-state index contributed by atoms with van der Waals surface area (Å²) < 4.78 is 38.6. The van der Waals surface area contributed by atoms with Gasteiger partial charge in [-0.05, 0) is 43.3 Å². The number of benzene rings is 2. The lowest BCUT2D eigenvalue weighted by molar-refractivity contribution is 0.0598. The lowest BCUT2D eigenvalue weighted by atomic mass is 10.0. The van der Waals surface area contributed by atoms with Crippen LogP contribution in [0.1, 0.15) is 33.2 Å². The first kappa shape index (κ1) is 21.2. The van der Waals surface area contributed by atoms with Crippen LogP contribution in [0.2, 0.25) is 0 Å². The quantitative estimate of drug-likeness (QED) is 0.680. The van der Waals surface area contributed by atoms with E-state index in [0.29, 0.717) is 11.3 Å². The maximum absolute atomic E-state index is 12.2. The van der Waals surface area contributed by atoms with Crippen LogP contribution in [0.3, 0.4) is 0 Å². The number of ether oxygens (including phenoxy) is 3. The Kier molecular flexibility index (Phi) is 6.58. The van der Waals surface area contributed by atoms with Crippen LogP contribution in [-0.4, -0.2) is 40.8 Å². The molecule has 2 aromatic carbocycles. The van der Waals surface area contributed by atoms with Gasteiger partial charge in [0.15, 0.2) is 9.84 Å². The number of esters is 2. The number of carbonyl (C=O) groups is 2. The van der Waals surface area contributed by atoms with Gasteiger partial charge in [-0.3, -0.25) is 0 Å². The number of allylic oxidation sites excluding steroid dienone is 1. The van der Waals surface area contributed by atoms with Crippen molar-refractivity contribution in [2.45, 2.75) is 11.8 Å². The van der Waals surface area contributed by atoms with Crippen molar-refractivity contribution in [3.8, 4) is 11.5 Å².